The van der Waals surface area contributed by atoms with Crippen molar-refractivity contribution in [2.75, 3.05) is 18.5 Å². The Morgan fingerprint density at radius 3 is 2.96 bits per heavy atom. The summed E-state index contributed by atoms with van der Waals surface area (Å²) in [5, 5.41) is 4.64. The number of hydrogen-bond acceptors (Lipinski definition) is 6. The van der Waals surface area contributed by atoms with Crippen LogP contribution in [0.1, 0.15) is 6.42 Å². The second kappa shape index (κ2) is 6.56. The summed E-state index contributed by atoms with van der Waals surface area (Å²) in [5.41, 5.74) is 1.20. The number of rotatable bonds is 4. The first-order chi connectivity index (χ1) is 12.2. The molecule has 1 aliphatic rings. The molecule has 1 aromatic carbocycles. The van der Waals surface area contributed by atoms with Crippen LogP contribution in [0.25, 0.3) is 10.2 Å². The second-order valence-electron chi connectivity index (χ2n) is 5.53. The lowest BCUT2D eigenvalue weighted by Gasteiger charge is -2.19. The molecule has 0 aliphatic carbocycles. The van der Waals surface area contributed by atoms with Crippen LogP contribution in [0.5, 0.6) is 11.5 Å². The number of hydrogen-bond donors (Lipinski definition) is 1. The predicted octanol–water partition coefficient (Wildman–Crippen LogP) is 2.26. The number of carbonyl (C=O) groups is 1. The number of carbonyl (C=O) groups excluding carboxylic acids is 1. The number of fused-ring (bicyclic) bond motifs is 2. The van der Waals surface area contributed by atoms with E-state index in [1.54, 1.807) is 24.3 Å². The van der Waals surface area contributed by atoms with Gasteiger partial charge in [-0.2, -0.15) is 0 Å². The van der Waals surface area contributed by atoms with E-state index in [9.17, 15) is 9.59 Å². The van der Waals surface area contributed by atoms with E-state index < -0.39 is 0 Å². The highest BCUT2D eigenvalue weighted by atomic mass is 32.1. The van der Waals surface area contributed by atoms with Crippen LogP contribution < -0.4 is 20.3 Å². The molecule has 3 heterocycles. The molecule has 8 heteroatoms. The monoisotopic (exact) mass is 357 g/mol. The maximum atomic E-state index is 12.3. The third-order valence-corrected chi connectivity index (χ3v) is 4.73. The lowest BCUT2D eigenvalue weighted by Crippen LogP contribution is -2.23. The topological polar surface area (TPSA) is 82.5 Å². The molecule has 1 amide bonds. The Morgan fingerprint density at radius 1 is 1.24 bits per heavy atom. The highest BCUT2D eigenvalue weighted by molar-refractivity contribution is 7.17. The molecule has 0 saturated carbocycles. The average molecular weight is 357 g/mol. The first-order valence-corrected chi connectivity index (χ1v) is 8.71. The minimum Gasteiger partial charge on any atom is -0.486 e. The van der Waals surface area contributed by atoms with Crippen LogP contribution >= 0.6 is 11.3 Å². The summed E-state index contributed by atoms with van der Waals surface area (Å²) in [6, 6.07) is 7.07. The summed E-state index contributed by atoms with van der Waals surface area (Å²) in [4.78, 5) is 28.7. The third kappa shape index (κ3) is 3.20. The van der Waals surface area contributed by atoms with Gasteiger partial charge in [0.15, 0.2) is 11.5 Å². The summed E-state index contributed by atoms with van der Waals surface area (Å²) in [6.45, 7) is 1.29. The van der Waals surface area contributed by atoms with Crippen LogP contribution in [0.15, 0.2) is 40.8 Å². The van der Waals surface area contributed by atoms with Crippen molar-refractivity contribution in [2.24, 2.45) is 0 Å². The molecule has 128 valence electrons. The zero-order valence-corrected chi connectivity index (χ0v) is 14.0. The maximum absolute atomic E-state index is 12.3. The van der Waals surface area contributed by atoms with Gasteiger partial charge < -0.3 is 14.8 Å². The normalized spacial score (nSPS) is 13.0. The smallest absolute Gasteiger partial charge is 0.271 e. The first-order valence-electron chi connectivity index (χ1n) is 7.83. The molecule has 2 aromatic heterocycles. The Kier molecular flexibility index (Phi) is 4.10. The molecule has 25 heavy (non-hydrogen) atoms. The van der Waals surface area contributed by atoms with E-state index in [-0.39, 0.29) is 24.4 Å². The summed E-state index contributed by atoms with van der Waals surface area (Å²) < 4.78 is 13.0. The number of nitrogens with zero attached hydrogens (tertiary/aromatic N) is 2. The highest BCUT2D eigenvalue weighted by Gasteiger charge is 2.13. The van der Waals surface area contributed by atoms with Crippen LogP contribution in [0, 0.1) is 0 Å². The van der Waals surface area contributed by atoms with Crippen LogP contribution in [0.3, 0.4) is 0 Å². The van der Waals surface area contributed by atoms with Crippen molar-refractivity contribution in [3.8, 4) is 11.5 Å². The molecule has 0 bridgehead atoms. The van der Waals surface area contributed by atoms with Gasteiger partial charge >= 0.3 is 0 Å². The quantitative estimate of drug-likeness (QED) is 0.774. The molecule has 0 saturated heterocycles. The van der Waals surface area contributed by atoms with Crippen molar-refractivity contribution in [3.05, 3.63) is 46.3 Å². The van der Waals surface area contributed by atoms with Gasteiger partial charge in [0.05, 0.1) is 11.8 Å². The Bertz CT molecular complexity index is 995. The number of thiophene rings is 1. The van der Waals surface area contributed by atoms with E-state index >= 15 is 0 Å². The summed E-state index contributed by atoms with van der Waals surface area (Å²) in [5.74, 6) is 1.11. The van der Waals surface area contributed by atoms with Crippen molar-refractivity contribution in [1.82, 2.24) is 9.55 Å². The SMILES string of the molecule is O=C(CCn1cnc2ccsc2c1=O)Nc1ccc2c(c1)OCCO2. The zero-order valence-electron chi connectivity index (χ0n) is 13.2. The largest absolute Gasteiger partial charge is 0.486 e. The van der Waals surface area contributed by atoms with Gasteiger partial charge in [0, 0.05) is 24.7 Å². The minimum atomic E-state index is -0.185. The first kappa shape index (κ1) is 15.6. The number of anilines is 1. The molecule has 3 aromatic rings. The molecule has 1 N–H and O–H groups in total. The third-order valence-electron chi connectivity index (χ3n) is 3.84. The Balaban J connectivity index is 1.42. The number of aryl methyl sites for hydroxylation is 1. The maximum Gasteiger partial charge on any atom is 0.271 e. The van der Waals surface area contributed by atoms with Crippen molar-refractivity contribution < 1.29 is 14.3 Å². The number of nitrogens with one attached hydrogen (secondary N) is 1. The molecule has 4 rings (SSSR count). The van der Waals surface area contributed by atoms with Gasteiger partial charge in [-0.05, 0) is 23.6 Å². The van der Waals surface area contributed by atoms with E-state index in [4.69, 9.17) is 9.47 Å². The molecular formula is C17H15N3O4S. The zero-order chi connectivity index (χ0) is 17.2. The van der Waals surface area contributed by atoms with Gasteiger partial charge in [-0.25, -0.2) is 4.98 Å². The highest BCUT2D eigenvalue weighted by Crippen LogP contribution is 2.32. The summed E-state index contributed by atoms with van der Waals surface area (Å²) >= 11 is 1.36. The molecule has 0 fully saturated rings. The summed E-state index contributed by atoms with van der Waals surface area (Å²) in [7, 11) is 0. The fourth-order valence-electron chi connectivity index (χ4n) is 2.60. The van der Waals surface area contributed by atoms with Crippen molar-refractivity contribution in [2.45, 2.75) is 13.0 Å². The minimum absolute atomic E-state index is 0.118. The van der Waals surface area contributed by atoms with E-state index in [1.165, 1.54) is 22.2 Å². The number of ether oxygens (including phenoxy) is 2. The van der Waals surface area contributed by atoms with Crippen molar-refractivity contribution >= 4 is 33.1 Å². The van der Waals surface area contributed by atoms with Gasteiger partial charge in [0.25, 0.3) is 5.56 Å². The lowest BCUT2D eigenvalue weighted by molar-refractivity contribution is -0.116. The number of amides is 1. The van der Waals surface area contributed by atoms with E-state index in [0.717, 1.165) is 0 Å². The Labute approximate surface area is 146 Å². The van der Waals surface area contributed by atoms with Crippen LogP contribution in [-0.2, 0) is 11.3 Å². The van der Waals surface area contributed by atoms with Gasteiger partial charge in [0.1, 0.15) is 17.9 Å². The summed E-state index contributed by atoms with van der Waals surface area (Å²) in [6.07, 6.45) is 1.65. The molecule has 0 radical (unpaired) electrons. The number of benzene rings is 1. The van der Waals surface area contributed by atoms with E-state index in [2.05, 4.69) is 10.3 Å². The molecular weight excluding hydrogens is 342 g/mol. The van der Waals surface area contributed by atoms with Crippen LogP contribution in [0.2, 0.25) is 0 Å². The predicted molar refractivity (Wildman–Crippen MR) is 94.6 cm³/mol. The van der Waals surface area contributed by atoms with Gasteiger partial charge in [-0.3, -0.25) is 14.2 Å². The lowest BCUT2D eigenvalue weighted by atomic mass is 10.2. The standard InChI is InChI=1S/C17H15N3O4S/c21-15(19-11-1-2-13-14(9-11)24-7-6-23-13)3-5-20-10-18-12-4-8-25-16(12)17(20)22/h1-2,4,8-10H,3,5-7H2,(H,19,21). The molecule has 0 spiro atoms. The average Bonchev–Trinajstić information content (AvgIpc) is 3.11. The Morgan fingerprint density at radius 2 is 2.08 bits per heavy atom. The van der Waals surface area contributed by atoms with Crippen LogP contribution in [0.4, 0.5) is 5.69 Å². The Hall–Kier alpha value is -2.87. The number of aromatic nitrogens is 2. The second-order valence-corrected chi connectivity index (χ2v) is 6.45. The molecule has 1 aliphatic heterocycles. The molecule has 0 unspecified atom stereocenters. The fraction of sp³-hybridized carbons (Fsp3) is 0.235. The van der Waals surface area contributed by atoms with E-state index in [1.807, 2.05) is 5.38 Å². The van der Waals surface area contributed by atoms with Crippen LogP contribution in [-0.4, -0.2) is 28.7 Å². The van der Waals surface area contributed by atoms with Gasteiger partial charge in [-0.1, -0.05) is 0 Å². The van der Waals surface area contributed by atoms with Gasteiger partial charge in [0.2, 0.25) is 5.91 Å². The van der Waals surface area contributed by atoms with E-state index in [0.29, 0.717) is 40.6 Å². The van der Waals surface area contributed by atoms with Crippen molar-refractivity contribution in [1.29, 1.82) is 0 Å². The molecule has 7 nitrogen and oxygen atoms in total. The van der Waals surface area contributed by atoms with Gasteiger partial charge in [-0.15, -0.1) is 11.3 Å². The molecule has 0 atom stereocenters. The van der Waals surface area contributed by atoms with Crippen molar-refractivity contribution in [3.63, 3.8) is 0 Å². The fourth-order valence-corrected chi connectivity index (χ4v) is 3.40.